The van der Waals surface area contributed by atoms with Gasteiger partial charge < -0.3 is 84.2 Å². The summed E-state index contributed by atoms with van der Waals surface area (Å²) >= 11 is 1.38. The third kappa shape index (κ3) is 8.92. The molecule has 0 aromatic carbocycles. The Morgan fingerprint density at radius 2 is 1.09 bits per heavy atom. The summed E-state index contributed by atoms with van der Waals surface area (Å²) < 4.78 is 37.5. The van der Waals surface area contributed by atoms with Gasteiger partial charge in [0.25, 0.3) is 0 Å². The van der Waals surface area contributed by atoms with Crippen LogP contribution in [0.1, 0.15) is 6.42 Å². The predicted molar refractivity (Wildman–Crippen MR) is 139 cm³/mol. The third-order valence-corrected chi connectivity index (χ3v) is 8.21. The highest BCUT2D eigenvalue weighted by Gasteiger charge is 2.53. The molecule has 19 heteroatoms. The summed E-state index contributed by atoms with van der Waals surface area (Å²) in [7, 11) is 1.28. The predicted octanol–water partition coefficient (Wildman–Crippen LogP) is -6.25. The van der Waals surface area contributed by atoms with Crippen molar-refractivity contribution >= 4 is 17.7 Å². The molecular weight excluding hydrogens is 608 g/mol. The first kappa shape index (κ1) is 36.6. The Bertz CT molecular complexity index is 836. The summed E-state index contributed by atoms with van der Waals surface area (Å²) in [6.07, 6.45) is -24.3. The second-order valence-corrected chi connectivity index (χ2v) is 11.3. The Labute approximate surface area is 250 Å². The maximum atomic E-state index is 11.2. The van der Waals surface area contributed by atoms with Crippen LogP contribution >= 0.6 is 11.8 Å². The van der Waals surface area contributed by atoms with Gasteiger partial charge >= 0.3 is 5.97 Å². The van der Waals surface area contributed by atoms with Gasteiger partial charge in [-0.2, -0.15) is 11.8 Å². The molecule has 18 nitrogen and oxygen atoms in total. The molecule has 0 aliphatic carbocycles. The lowest BCUT2D eigenvalue weighted by molar-refractivity contribution is -0.379. The van der Waals surface area contributed by atoms with Gasteiger partial charge in [0.1, 0.15) is 73.2 Å². The van der Waals surface area contributed by atoms with E-state index in [1.807, 2.05) is 0 Å². The zero-order chi connectivity index (χ0) is 31.8. The highest BCUT2D eigenvalue weighted by molar-refractivity contribution is 7.99. The highest BCUT2D eigenvalue weighted by Crippen LogP contribution is 2.32. The summed E-state index contributed by atoms with van der Waals surface area (Å²) in [4.78, 5) is 11.2. The van der Waals surface area contributed by atoms with Crippen molar-refractivity contribution in [2.45, 2.75) is 98.5 Å². The van der Waals surface area contributed by atoms with Crippen molar-refractivity contribution in [3.05, 3.63) is 0 Å². The first-order valence-electron chi connectivity index (χ1n) is 13.6. The number of methoxy groups -OCH3 is 1. The van der Waals surface area contributed by atoms with Crippen LogP contribution in [0.25, 0.3) is 0 Å². The first-order chi connectivity index (χ1) is 20.5. The Hall–Kier alpha value is -0.820. The average molecular weight is 651 g/mol. The van der Waals surface area contributed by atoms with Crippen LogP contribution in [0.3, 0.4) is 0 Å². The van der Waals surface area contributed by atoms with Gasteiger partial charge in [0.05, 0.1) is 40.0 Å². The summed E-state index contributed by atoms with van der Waals surface area (Å²) in [5.41, 5.74) is 0. The first-order valence-corrected chi connectivity index (χ1v) is 14.8. The lowest BCUT2D eigenvalue weighted by Crippen LogP contribution is -2.66. The summed E-state index contributed by atoms with van der Waals surface area (Å²) in [6, 6.07) is 0. The molecule has 3 saturated heterocycles. The molecule has 3 rings (SSSR count). The molecule has 3 aliphatic heterocycles. The van der Waals surface area contributed by atoms with Crippen molar-refractivity contribution in [1.29, 1.82) is 0 Å². The Kier molecular flexibility index (Phi) is 14.7. The number of carbonyl (C=O) groups excluding carboxylic acids is 1. The number of thioether (sulfide) groups is 1. The number of rotatable bonds is 14. The molecule has 0 spiro atoms. The number of ether oxygens (including phenoxy) is 7. The molecule has 0 aromatic rings. The van der Waals surface area contributed by atoms with Gasteiger partial charge in [-0.25, -0.2) is 0 Å². The maximum Gasteiger partial charge on any atom is 0.306 e. The maximum absolute atomic E-state index is 11.2. The normalized spacial score (nSPS) is 43.8. The zero-order valence-electron chi connectivity index (χ0n) is 23.3. The Morgan fingerprint density at radius 1 is 0.628 bits per heavy atom. The molecule has 3 heterocycles. The van der Waals surface area contributed by atoms with Crippen LogP contribution < -0.4 is 0 Å². The molecule has 43 heavy (non-hydrogen) atoms. The highest BCUT2D eigenvalue weighted by atomic mass is 32.2. The minimum absolute atomic E-state index is 0.0641. The van der Waals surface area contributed by atoms with E-state index in [0.29, 0.717) is 11.5 Å². The quantitative estimate of drug-likeness (QED) is 0.0618. The molecule has 3 aliphatic rings. The molecule has 0 saturated carbocycles. The van der Waals surface area contributed by atoms with Gasteiger partial charge in [-0.05, 0) is 0 Å². The van der Waals surface area contributed by atoms with Gasteiger partial charge in [0.2, 0.25) is 0 Å². The molecule has 0 bridgehead atoms. The minimum atomic E-state index is -1.92. The Balaban J connectivity index is 1.59. The van der Waals surface area contributed by atoms with E-state index >= 15 is 0 Å². The molecular formula is C24H42O18S. The fourth-order valence-corrected chi connectivity index (χ4v) is 5.49. The van der Waals surface area contributed by atoms with Gasteiger partial charge in [-0.3, -0.25) is 4.79 Å². The third-order valence-electron chi connectivity index (χ3n) is 7.26. The van der Waals surface area contributed by atoms with Crippen LogP contribution in [0.4, 0.5) is 0 Å². The van der Waals surface area contributed by atoms with E-state index < -0.39 is 112 Å². The molecule has 15 atom stereocenters. The minimum Gasteiger partial charge on any atom is -0.469 e. The number of hydrogen-bond donors (Lipinski definition) is 10. The van der Waals surface area contributed by atoms with Crippen molar-refractivity contribution in [2.75, 3.05) is 45.0 Å². The van der Waals surface area contributed by atoms with Crippen molar-refractivity contribution in [1.82, 2.24) is 0 Å². The number of carbonyl (C=O) groups is 1. The fraction of sp³-hybridized carbons (Fsp3) is 0.958. The molecule has 3 fully saturated rings. The molecule has 10 N–H and O–H groups in total. The summed E-state index contributed by atoms with van der Waals surface area (Å²) in [5.74, 6) is 0.528. The number of esters is 1. The van der Waals surface area contributed by atoms with Crippen molar-refractivity contribution in [3.63, 3.8) is 0 Å². The molecule has 0 unspecified atom stereocenters. The molecule has 0 amide bonds. The van der Waals surface area contributed by atoms with E-state index in [2.05, 4.69) is 4.74 Å². The molecule has 252 valence electrons. The van der Waals surface area contributed by atoms with Gasteiger partial charge in [-0.1, -0.05) is 0 Å². The lowest BCUT2D eigenvalue weighted by Gasteiger charge is -2.48. The second-order valence-electron chi connectivity index (χ2n) is 10.1. The van der Waals surface area contributed by atoms with Crippen LogP contribution in [0.5, 0.6) is 0 Å². The van der Waals surface area contributed by atoms with E-state index in [1.165, 1.54) is 18.9 Å². The Morgan fingerprint density at radius 3 is 1.60 bits per heavy atom. The van der Waals surface area contributed by atoms with Gasteiger partial charge in [0, 0.05) is 11.5 Å². The molecule has 0 radical (unpaired) electrons. The van der Waals surface area contributed by atoms with E-state index in [-0.39, 0.29) is 19.0 Å². The van der Waals surface area contributed by atoms with Gasteiger partial charge in [0.15, 0.2) is 18.9 Å². The summed E-state index contributed by atoms with van der Waals surface area (Å²) in [6.45, 7) is -2.23. The monoisotopic (exact) mass is 650 g/mol. The van der Waals surface area contributed by atoms with E-state index in [0.717, 1.165) is 0 Å². The van der Waals surface area contributed by atoms with Crippen molar-refractivity contribution in [2.24, 2.45) is 0 Å². The van der Waals surface area contributed by atoms with Crippen LogP contribution in [0.2, 0.25) is 0 Å². The average Bonchev–Trinajstić information content (AvgIpc) is 3.01. The topological polar surface area (TPSA) is 284 Å². The van der Waals surface area contributed by atoms with Crippen LogP contribution in [-0.4, -0.2) is 194 Å². The second kappa shape index (κ2) is 17.2. The van der Waals surface area contributed by atoms with E-state index in [1.54, 1.807) is 0 Å². The number of hydrogen-bond acceptors (Lipinski definition) is 19. The fourth-order valence-electron chi connectivity index (χ4n) is 4.76. The SMILES string of the molecule is COC(=O)CCSCCO[C@@H]1O[C@H](CO)[C@@H](O[C@@H]2O[C@H](CO)[C@H](O[C@H]3O[C@H](CO)[C@H](O)[C@H](O)[C@H]3O)[C@H](O)[C@H]2O)[C@H](O)[C@H]1O. The number of aliphatic hydroxyl groups excluding tert-OH is 10. The molecule has 0 aromatic heterocycles. The number of aliphatic hydroxyl groups is 10. The lowest BCUT2D eigenvalue weighted by atomic mass is 9.96. The van der Waals surface area contributed by atoms with Crippen LogP contribution in [-0.2, 0) is 38.0 Å². The summed E-state index contributed by atoms with van der Waals surface area (Å²) in [5, 5.41) is 102. The van der Waals surface area contributed by atoms with Gasteiger partial charge in [-0.15, -0.1) is 0 Å². The van der Waals surface area contributed by atoms with Crippen LogP contribution in [0.15, 0.2) is 0 Å². The zero-order valence-corrected chi connectivity index (χ0v) is 24.1. The van der Waals surface area contributed by atoms with Crippen LogP contribution in [0, 0.1) is 0 Å². The van der Waals surface area contributed by atoms with E-state index in [4.69, 9.17) is 28.4 Å². The largest absolute Gasteiger partial charge is 0.469 e. The van der Waals surface area contributed by atoms with Crippen molar-refractivity contribution < 1.29 is 89.0 Å². The van der Waals surface area contributed by atoms with E-state index in [9.17, 15) is 55.9 Å². The smallest absolute Gasteiger partial charge is 0.306 e. The standard InChI is InChI=1S/C24H42O18S/c1-36-12(28)2-4-43-5-3-37-22-18(34)15(31)20(10(7-26)39-22)42-24-19(35)16(32)21(11(8-27)40-24)41-23-17(33)14(30)13(29)9(6-25)38-23/h9-11,13-27,29-35H,2-8H2,1H3/t9-,10-,11-,13+,14+,15-,16-,17-,18-,19-,20-,21+,22-,23-,24+/m1/s1. The van der Waals surface area contributed by atoms with Crippen molar-refractivity contribution in [3.8, 4) is 0 Å².